The molecule has 0 radical (unpaired) electrons. The van der Waals surface area contributed by atoms with Crippen LogP contribution in [0.15, 0.2) is 48.8 Å². The predicted octanol–water partition coefficient (Wildman–Crippen LogP) is 4.35. The lowest BCUT2D eigenvalue weighted by molar-refractivity contribution is 0.285. The Morgan fingerprint density at radius 2 is 1.86 bits per heavy atom. The number of hydrogen-bond donors (Lipinski definition) is 0. The van der Waals surface area contributed by atoms with E-state index in [1.165, 1.54) is 12.1 Å². The van der Waals surface area contributed by atoms with Crippen molar-refractivity contribution < 1.29 is 4.39 Å². The van der Waals surface area contributed by atoms with E-state index < -0.39 is 0 Å². The Labute approximate surface area is 175 Å². The van der Waals surface area contributed by atoms with E-state index in [4.69, 9.17) is 16.6 Å². The van der Waals surface area contributed by atoms with Crippen LogP contribution in [-0.4, -0.2) is 46.0 Å². The second-order valence-electron chi connectivity index (χ2n) is 7.26. The minimum Gasteiger partial charge on any atom is -0.354 e. The van der Waals surface area contributed by atoms with E-state index in [1.54, 1.807) is 12.4 Å². The molecule has 1 aliphatic heterocycles. The van der Waals surface area contributed by atoms with Gasteiger partial charge in [0.2, 0.25) is 0 Å². The van der Waals surface area contributed by atoms with E-state index in [9.17, 15) is 4.39 Å². The third-order valence-electron chi connectivity index (χ3n) is 5.13. The number of aromatic nitrogens is 3. The zero-order valence-electron chi connectivity index (χ0n) is 16.4. The minimum atomic E-state index is -0.200. The van der Waals surface area contributed by atoms with Crippen LogP contribution in [0, 0.1) is 12.7 Å². The van der Waals surface area contributed by atoms with Crippen LogP contribution in [0.25, 0.3) is 11.4 Å². The van der Waals surface area contributed by atoms with E-state index in [1.807, 2.05) is 31.2 Å². The molecule has 29 heavy (non-hydrogen) atoms. The van der Waals surface area contributed by atoms with Gasteiger partial charge in [0.25, 0.3) is 0 Å². The van der Waals surface area contributed by atoms with Crippen molar-refractivity contribution in [3.63, 3.8) is 0 Å². The molecule has 5 nitrogen and oxygen atoms in total. The summed E-state index contributed by atoms with van der Waals surface area (Å²) in [4.78, 5) is 18.1. The number of pyridine rings is 1. The van der Waals surface area contributed by atoms with Gasteiger partial charge in [-0.15, -0.1) is 0 Å². The molecule has 0 saturated carbocycles. The lowest BCUT2D eigenvalue weighted by Gasteiger charge is -2.24. The number of benzene rings is 1. The van der Waals surface area contributed by atoms with Crippen molar-refractivity contribution in [3.05, 3.63) is 70.9 Å². The van der Waals surface area contributed by atoms with Crippen LogP contribution in [0.3, 0.4) is 0 Å². The number of hydrogen-bond acceptors (Lipinski definition) is 5. The van der Waals surface area contributed by atoms with Gasteiger partial charge in [-0.2, -0.15) is 0 Å². The fourth-order valence-corrected chi connectivity index (χ4v) is 3.77. The van der Waals surface area contributed by atoms with E-state index >= 15 is 0 Å². The lowest BCUT2D eigenvalue weighted by atomic mass is 10.2. The van der Waals surface area contributed by atoms with Gasteiger partial charge in [-0.25, -0.2) is 14.4 Å². The van der Waals surface area contributed by atoms with Gasteiger partial charge in [-0.3, -0.25) is 9.88 Å². The topological polar surface area (TPSA) is 45.2 Å². The zero-order valence-corrected chi connectivity index (χ0v) is 17.1. The summed E-state index contributed by atoms with van der Waals surface area (Å²) in [7, 11) is 0. The molecule has 0 amide bonds. The van der Waals surface area contributed by atoms with Gasteiger partial charge < -0.3 is 4.90 Å². The first-order chi connectivity index (χ1) is 14.1. The molecule has 1 fully saturated rings. The van der Waals surface area contributed by atoms with E-state index in [0.29, 0.717) is 10.8 Å². The van der Waals surface area contributed by atoms with Crippen LogP contribution in [0.5, 0.6) is 0 Å². The standard InChI is InChI=1S/C22H23ClFN5/c1-16-20(23)22(27-21(26-16)18-4-2-9-25-14-18)29-11-3-10-28(12-13-29)15-17-5-7-19(24)8-6-17/h2,4-9,14H,3,10-13,15H2,1H3. The third-order valence-corrected chi connectivity index (χ3v) is 5.57. The van der Waals surface area contributed by atoms with Gasteiger partial charge in [0.15, 0.2) is 11.6 Å². The van der Waals surface area contributed by atoms with Crippen LogP contribution >= 0.6 is 11.6 Å². The highest BCUT2D eigenvalue weighted by atomic mass is 35.5. The number of nitrogens with zero attached hydrogens (tertiary/aromatic N) is 5. The zero-order chi connectivity index (χ0) is 20.2. The molecule has 0 aliphatic carbocycles. The molecule has 7 heteroatoms. The van der Waals surface area contributed by atoms with Crippen LogP contribution in [0.1, 0.15) is 17.7 Å². The molecule has 1 aromatic carbocycles. The molecule has 0 bridgehead atoms. The second-order valence-corrected chi connectivity index (χ2v) is 7.63. The van der Waals surface area contributed by atoms with Crippen molar-refractivity contribution in [3.8, 4) is 11.4 Å². The summed E-state index contributed by atoms with van der Waals surface area (Å²) in [6.45, 7) is 6.29. The summed E-state index contributed by atoms with van der Waals surface area (Å²) in [5, 5.41) is 0.602. The van der Waals surface area contributed by atoms with Crippen LogP contribution in [0.2, 0.25) is 5.02 Å². The SMILES string of the molecule is Cc1nc(-c2cccnc2)nc(N2CCCN(Cc3ccc(F)cc3)CC2)c1Cl. The maximum absolute atomic E-state index is 13.1. The first kappa shape index (κ1) is 19.7. The summed E-state index contributed by atoms with van der Waals surface area (Å²) in [6.07, 6.45) is 4.50. The average molecular weight is 412 g/mol. The molecule has 0 atom stereocenters. The number of aryl methyl sites for hydroxylation is 1. The summed E-state index contributed by atoms with van der Waals surface area (Å²) in [5.74, 6) is 1.22. The molecule has 1 saturated heterocycles. The molecule has 0 N–H and O–H groups in total. The molecular weight excluding hydrogens is 389 g/mol. The van der Waals surface area contributed by atoms with Crippen LogP contribution in [0.4, 0.5) is 10.2 Å². The highest BCUT2D eigenvalue weighted by Gasteiger charge is 2.21. The van der Waals surface area contributed by atoms with Gasteiger partial charge in [0, 0.05) is 50.7 Å². The first-order valence-electron chi connectivity index (χ1n) is 9.76. The fourth-order valence-electron chi connectivity index (χ4n) is 3.57. The molecule has 0 unspecified atom stereocenters. The Bertz CT molecular complexity index is 965. The second kappa shape index (κ2) is 8.84. The third kappa shape index (κ3) is 4.71. The van der Waals surface area contributed by atoms with Crippen molar-refractivity contribution in [1.29, 1.82) is 0 Å². The Balaban J connectivity index is 1.51. The summed E-state index contributed by atoms with van der Waals surface area (Å²) in [6, 6.07) is 10.6. The molecule has 3 aromatic rings. The maximum atomic E-state index is 13.1. The Kier molecular flexibility index (Phi) is 6.02. The lowest BCUT2D eigenvalue weighted by Crippen LogP contribution is -2.31. The molecule has 2 aromatic heterocycles. The molecule has 3 heterocycles. The van der Waals surface area contributed by atoms with Gasteiger partial charge in [0.05, 0.1) is 5.69 Å². The van der Waals surface area contributed by atoms with Crippen molar-refractivity contribution in [1.82, 2.24) is 19.9 Å². The van der Waals surface area contributed by atoms with Crippen LogP contribution < -0.4 is 4.90 Å². The summed E-state index contributed by atoms with van der Waals surface area (Å²) < 4.78 is 13.1. The fraction of sp³-hybridized carbons (Fsp3) is 0.318. The van der Waals surface area contributed by atoms with Crippen molar-refractivity contribution >= 4 is 17.4 Å². The quantitative estimate of drug-likeness (QED) is 0.638. The van der Waals surface area contributed by atoms with E-state index in [-0.39, 0.29) is 5.82 Å². The predicted molar refractivity (Wildman–Crippen MR) is 114 cm³/mol. The van der Waals surface area contributed by atoms with Gasteiger partial charge in [0.1, 0.15) is 10.8 Å². The average Bonchev–Trinajstić information content (AvgIpc) is 2.98. The van der Waals surface area contributed by atoms with E-state index in [2.05, 4.69) is 19.8 Å². The highest BCUT2D eigenvalue weighted by molar-refractivity contribution is 6.33. The van der Waals surface area contributed by atoms with Crippen molar-refractivity contribution in [2.45, 2.75) is 19.9 Å². The van der Waals surface area contributed by atoms with Crippen LogP contribution in [-0.2, 0) is 6.54 Å². The molecule has 150 valence electrons. The number of rotatable bonds is 4. The summed E-state index contributed by atoms with van der Waals surface area (Å²) in [5.41, 5.74) is 2.76. The molecule has 4 rings (SSSR count). The largest absolute Gasteiger partial charge is 0.354 e. The number of anilines is 1. The minimum absolute atomic E-state index is 0.200. The van der Waals surface area contributed by atoms with Crippen molar-refractivity contribution in [2.75, 3.05) is 31.1 Å². The van der Waals surface area contributed by atoms with Gasteiger partial charge in [-0.05, 0) is 43.2 Å². The Morgan fingerprint density at radius 3 is 2.62 bits per heavy atom. The molecule has 0 spiro atoms. The maximum Gasteiger partial charge on any atom is 0.163 e. The van der Waals surface area contributed by atoms with Gasteiger partial charge in [-0.1, -0.05) is 23.7 Å². The van der Waals surface area contributed by atoms with E-state index in [0.717, 1.165) is 61.8 Å². The monoisotopic (exact) mass is 411 g/mol. The normalized spacial score (nSPS) is 15.3. The molecule has 1 aliphatic rings. The Morgan fingerprint density at radius 1 is 1.03 bits per heavy atom. The molecular formula is C22H23ClFN5. The highest BCUT2D eigenvalue weighted by Crippen LogP contribution is 2.29. The van der Waals surface area contributed by atoms with Crippen molar-refractivity contribution in [2.24, 2.45) is 0 Å². The van der Waals surface area contributed by atoms with Gasteiger partial charge >= 0.3 is 0 Å². The number of halogens is 2. The summed E-state index contributed by atoms with van der Waals surface area (Å²) >= 11 is 6.59. The first-order valence-corrected chi connectivity index (χ1v) is 10.1. The Hall–Kier alpha value is -2.57. The smallest absolute Gasteiger partial charge is 0.163 e.